The van der Waals surface area contributed by atoms with Crippen molar-refractivity contribution < 1.29 is 14.4 Å². The van der Waals surface area contributed by atoms with Gasteiger partial charge in [-0.1, -0.05) is 47.6 Å². The summed E-state index contributed by atoms with van der Waals surface area (Å²) in [5.74, 6) is -0.0564. The first-order valence-corrected chi connectivity index (χ1v) is 8.04. The molecule has 3 aromatic rings. The standard InChI is InChI=1S/C19H20N2O3/c22-13-12-21(11-10-15-6-2-1-3-7-15)19(23)14-17-16-8-4-5-9-18(16)24-20-17/h1-9,22H,10-14H2. The highest BCUT2D eigenvalue weighted by molar-refractivity contribution is 5.86. The fourth-order valence-electron chi connectivity index (χ4n) is 2.71. The zero-order chi connectivity index (χ0) is 16.8. The number of aliphatic hydroxyl groups excluding tert-OH is 1. The van der Waals surface area contributed by atoms with Crippen LogP contribution in [0.4, 0.5) is 0 Å². The minimum Gasteiger partial charge on any atom is -0.395 e. The first-order valence-electron chi connectivity index (χ1n) is 8.04. The maximum atomic E-state index is 12.6. The highest BCUT2D eigenvalue weighted by Crippen LogP contribution is 2.18. The van der Waals surface area contributed by atoms with Gasteiger partial charge in [0.25, 0.3) is 0 Å². The Labute approximate surface area is 140 Å². The van der Waals surface area contributed by atoms with Crippen LogP contribution >= 0.6 is 0 Å². The molecule has 5 heteroatoms. The summed E-state index contributed by atoms with van der Waals surface area (Å²) < 4.78 is 5.25. The predicted molar refractivity (Wildman–Crippen MR) is 91.5 cm³/mol. The number of carbonyl (C=O) groups excluding carboxylic acids is 1. The molecule has 3 rings (SSSR count). The van der Waals surface area contributed by atoms with E-state index >= 15 is 0 Å². The zero-order valence-electron chi connectivity index (χ0n) is 13.4. The average Bonchev–Trinajstić information content (AvgIpc) is 3.02. The third kappa shape index (κ3) is 3.81. The number of rotatable bonds is 7. The molecule has 0 bridgehead atoms. The van der Waals surface area contributed by atoms with Crippen molar-refractivity contribution in [2.75, 3.05) is 19.7 Å². The van der Waals surface area contributed by atoms with E-state index in [0.717, 1.165) is 11.8 Å². The Hall–Kier alpha value is -2.66. The van der Waals surface area contributed by atoms with Gasteiger partial charge >= 0.3 is 0 Å². The van der Waals surface area contributed by atoms with Crippen molar-refractivity contribution in [1.82, 2.24) is 10.1 Å². The van der Waals surface area contributed by atoms with Crippen LogP contribution in [-0.4, -0.2) is 40.8 Å². The Bertz CT molecular complexity index is 798. The molecule has 124 valence electrons. The molecule has 24 heavy (non-hydrogen) atoms. The van der Waals surface area contributed by atoms with Crippen LogP contribution in [0.2, 0.25) is 0 Å². The highest BCUT2D eigenvalue weighted by Gasteiger charge is 2.17. The fourth-order valence-corrected chi connectivity index (χ4v) is 2.71. The molecule has 0 atom stereocenters. The van der Waals surface area contributed by atoms with Crippen LogP contribution in [-0.2, 0) is 17.6 Å². The van der Waals surface area contributed by atoms with Crippen molar-refractivity contribution in [3.8, 4) is 0 Å². The summed E-state index contributed by atoms with van der Waals surface area (Å²) in [7, 11) is 0. The number of hydrogen-bond donors (Lipinski definition) is 1. The Balaban J connectivity index is 1.67. The topological polar surface area (TPSA) is 66.6 Å². The number of para-hydroxylation sites is 1. The molecule has 0 radical (unpaired) electrons. The van der Waals surface area contributed by atoms with Crippen molar-refractivity contribution in [3.63, 3.8) is 0 Å². The predicted octanol–water partition coefficient (Wildman–Crippen LogP) is 2.43. The molecule has 0 fully saturated rings. The summed E-state index contributed by atoms with van der Waals surface area (Å²) >= 11 is 0. The van der Waals surface area contributed by atoms with E-state index in [1.807, 2.05) is 54.6 Å². The van der Waals surface area contributed by atoms with Crippen LogP contribution in [0.3, 0.4) is 0 Å². The van der Waals surface area contributed by atoms with E-state index in [-0.39, 0.29) is 18.9 Å². The van der Waals surface area contributed by atoms with E-state index < -0.39 is 0 Å². The number of aromatic nitrogens is 1. The molecule has 0 aliphatic carbocycles. The van der Waals surface area contributed by atoms with Crippen LogP contribution < -0.4 is 0 Å². The van der Waals surface area contributed by atoms with Crippen molar-refractivity contribution in [2.45, 2.75) is 12.8 Å². The Kier molecular flexibility index (Phi) is 5.23. The van der Waals surface area contributed by atoms with Gasteiger partial charge < -0.3 is 14.5 Å². The third-order valence-electron chi connectivity index (χ3n) is 4.01. The number of benzene rings is 2. The molecule has 5 nitrogen and oxygen atoms in total. The molecular weight excluding hydrogens is 304 g/mol. The van der Waals surface area contributed by atoms with Gasteiger partial charge in [0, 0.05) is 18.5 Å². The van der Waals surface area contributed by atoms with Gasteiger partial charge in [0.05, 0.1) is 13.0 Å². The van der Waals surface area contributed by atoms with E-state index in [4.69, 9.17) is 4.52 Å². The van der Waals surface area contributed by atoms with E-state index in [9.17, 15) is 9.90 Å². The maximum Gasteiger partial charge on any atom is 0.228 e. The average molecular weight is 324 g/mol. The number of amides is 1. The summed E-state index contributed by atoms with van der Waals surface area (Å²) in [5, 5.41) is 14.1. The SMILES string of the molecule is O=C(Cc1noc2ccccc12)N(CCO)CCc1ccccc1. The quantitative estimate of drug-likeness (QED) is 0.725. The van der Waals surface area contributed by atoms with E-state index in [0.29, 0.717) is 24.4 Å². The third-order valence-corrected chi connectivity index (χ3v) is 4.01. The molecular formula is C19H20N2O3. The normalized spacial score (nSPS) is 10.9. The van der Waals surface area contributed by atoms with Crippen LogP contribution in [0.5, 0.6) is 0 Å². The van der Waals surface area contributed by atoms with Crippen molar-refractivity contribution in [1.29, 1.82) is 0 Å². The number of hydrogen-bond acceptors (Lipinski definition) is 4. The van der Waals surface area contributed by atoms with Gasteiger partial charge in [-0.05, 0) is 24.1 Å². The number of nitrogens with zero attached hydrogens (tertiary/aromatic N) is 2. The van der Waals surface area contributed by atoms with Crippen LogP contribution in [0, 0.1) is 0 Å². The fraction of sp³-hybridized carbons (Fsp3) is 0.263. The molecule has 1 heterocycles. The second-order valence-electron chi connectivity index (χ2n) is 5.64. The van der Waals surface area contributed by atoms with Crippen LogP contribution in [0.15, 0.2) is 59.1 Å². The largest absolute Gasteiger partial charge is 0.395 e. The minimum atomic E-state index is -0.0564. The molecule has 1 aromatic heterocycles. The second kappa shape index (κ2) is 7.75. The number of fused-ring (bicyclic) bond motifs is 1. The number of carbonyl (C=O) groups is 1. The maximum absolute atomic E-state index is 12.6. The van der Waals surface area contributed by atoms with Gasteiger partial charge in [0.15, 0.2) is 5.58 Å². The zero-order valence-corrected chi connectivity index (χ0v) is 13.4. The summed E-state index contributed by atoms with van der Waals surface area (Å²) in [4.78, 5) is 14.3. The summed E-state index contributed by atoms with van der Waals surface area (Å²) in [6, 6.07) is 17.5. The molecule has 1 N–H and O–H groups in total. The summed E-state index contributed by atoms with van der Waals surface area (Å²) in [6.07, 6.45) is 0.929. The lowest BCUT2D eigenvalue weighted by molar-refractivity contribution is -0.131. The lowest BCUT2D eigenvalue weighted by Crippen LogP contribution is -2.36. The summed E-state index contributed by atoms with van der Waals surface area (Å²) in [6.45, 7) is 0.834. The number of aliphatic hydroxyl groups is 1. The van der Waals surface area contributed by atoms with Crippen molar-refractivity contribution in [3.05, 3.63) is 65.9 Å². The molecule has 0 aliphatic heterocycles. The van der Waals surface area contributed by atoms with Crippen molar-refractivity contribution in [2.24, 2.45) is 0 Å². The minimum absolute atomic E-state index is 0.0555. The van der Waals surface area contributed by atoms with E-state index in [2.05, 4.69) is 5.16 Å². The molecule has 2 aromatic carbocycles. The van der Waals surface area contributed by atoms with E-state index in [1.165, 1.54) is 5.56 Å². The lowest BCUT2D eigenvalue weighted by Gasteiger charge is -2.21. The van der Waals surface area contributed by atoms with Gasteiger partial charge in [-0.25, -0.2) is 0 Å². The Morgan fingerprint density at radius 1 is 1.04 bits per heavy atom. The van der Waals surface area contributed by atoms with Crippen LogP contribution in [0.1, 0.15) is 11.3 Å². The summed E-state index contributed by atoms with van der Waals surface area (Å²) in [5.41, 5.74) is 2.48. The monoisotopic (exact) mass is 324 g/mol. The molecule has 0 aliphatic rings. The second-order valence-corrected chi connectivity index (χ2v) is 5.64. The first-order chi connectivity index (χ1) is 11.8. The molecule has 1 amide bonds. The van der Waals surface area contributed by atoms with Crippen molar-refractivity contribution >= 4 is 16.9 Å². The molecule has 0 spiro atoms. The Morgan fingerprint density at radius 2 is 1.79 bits per heavy atom. The van der Waals surface area contributed by atoms with Gasteiger partial charge in [0.1, 0.15) is 5.69 Å². The van der Waals surface area contributed by atoms with Gasteiger partial charge in [0.2, 0.25) is 5.91 Å². The smallest absolute Gasteiger partial charge is 0.228 e. The lowest BCUT2D eigenvalue weighted by atomic mass is 10.1. The van der Waals surface area contributed by atoms with Gasteiger partial charge in [-0.3, -0.25) is 4.79 Å². The molecule has 0 unspecified atom stereocenters. The molecule has 0 saturated carbocycles. The highest BCUT2D eigenvalue weighted by atomic mass is 16.5. The van der Waals surface area contributed by atoms with Crippen LogP contribution in [0.25, 0.3) is 11.0 Å². The van der Waals surface area contributed by atoms with E-state index in [1.54, 1.807) is 4.90 Å². The van der Waals surface area contributed by atoms with Gasteiger partial charge in [-0.15, -0.1) is 0 Å². The Morgan fingerprint density at radius 3 is 2.58 bits per heavy atom. The molecule has 0 saturated heterocycles. The van der Waals surface area contributed by atoms with Gasteiger partial charge in [-0.2, -0.15) is 0 Å². The first kappa shape index (κ1) is 16.2.